The summed E-state index contributed by atoms with van der Waals surface area (Å²) in [6.45, 7) is 6.68. The molecular formula is C21H21ClN2. The zero-order valence-corrected chi connectivity index (χ0v) is 15.0. The first-order chi connectivity index (χ1) is 11.4. The zero-order chi connectivity index (χ0) is 17.2. The van der Waals surface area contributed by atoms with E-state index in [9.17, 15) is 0 Å². The van der Waals surface area contributed by atoms with Crippen LogP contribution in [0.25, 0.3) is 11.8 Å². The second-order valence-electron chi connectivity index (χ2n) is 6.89. The highest BCUT2D eigenvalue weighted by Gasteiger charge is 2.14. The monoisotopic (exact) mass is 336 g/mol. The predicted octanol–water partition coefficient (Wildman–Crippen LogP) is 5.88. The van der Waals surface area contributed by atoms with Gasteiger partial charge >= 0.3 is 0 Å². The van der Waals surface area contributed by atoms with Gasteiger partial charge in [-0.05, 0) is 34.2 Å². The maximum Gasteiger partial charge on any atom is 0.0986 e. The molecular weight excluding hydrogens is 316 g/mol. The maximum absolute atomic E-state index is 6.04. The molecule has 1 aromatic heterocycles. The molecule has 0 bridgehead atoms. The predicted molar refractivity (Wildman–Crippen MR) is 102 cm³/mol. The topological polar surface area (TPSA) is 17.8 Å². The molecule has 0 unspecified atom stereocenters. The van der Waals surface area contributed by atoms with Crippen LogP contribution in [0.1, 0.15) is 37.5 Å². The molecule has 122 valence electrons. The highest BCUT2D eigenvalue weighted by atomic mass is 35.5. The SMILES string of the molecule is CC(C)(C)c1ccc(/C(=C/n2ccnc2)c2ccc(Cl)cc2)cc1. The number of benzene rings is 2. The summed E-state index contributed by atoms with van der Waals surface area (Å²) >= 11 is 6.04. The van der Waals surface area contributed by atoms with Crippen molar-refractivity contribution in [3.8, 4) is 0 Å². The fourth-order valence-corrected chi connectivity index (χ4v) is 2.72. The van der Waals surface area contributed by atoms with Crippen LogP contribution in [0.15, 0.2) is 67.3 Å². The molecule has 0 saturated heterocycles. The number of halogens is 1. The summed E-state index contributed by atoms with van der Waals surface area (Å²) in [7, 11) is 0. The molecule has 0 atom stereocenters. The summed E-state index contributed by atoms with van der Waals surface area (Å²) in [6.07, 6.45) is 7.58. The third-order valence-corrected chi connectivity index (χ3v) is 4.27. The van der Waals surface area contributed by atoms with E-state index in [4.69, 9.17) is 11.6 Å². The van der Waals surface area contributed by atoms with E-state index in [-0.39, 0.29) is 5.41 Å². The van der Waals surface area contributed by atoms with Crippen molar-refractivity contribution < 1.29 is 0 Å². The quantitative estimate of drug-likeness (QED) is 0.584. The van der Waals surface area contributed by atoms with Crippen LogP contribution in [-0.2, 0) is 5.41 Å². The fraction of sp³-hybridized carbons (Fsp3) is 0.190. The number of hydrogen-bond donors (Lipinski definition) is 0. The Morgan fingerprint density at radius 2 is 1.54 bits per heavy atom. The van der Waals surface area contributed by atoms with Crippen molar-refractivity contribution >= 4 is 23.4 Å². The molecule has 3 heteroatoms. The van der Waals surface area contributed by atoms with E-state index in [2.05, 4.69) is 56.2 Å². The van der Waals surface area contributed by atoms with Gasteiger partial charge in [-0.25, -0.2) is 4.98 Å². The molecule has 0 aliphatic carbocycles. The molecule has 0 N–H and O–H groups in total. The van der Waals surface area contributed by atoms with Crippen LogP contribution in [0, 0.1) is 0 Å². The lowest BCUT2D eigenvalue weighted by atomic mass is 9.86. The van der Waals surface area contributed by atoms with Crippen molar-refractivity contribution in [1.29, 1.82) is 0 Å². The van der Waals surface area contributed by atoms with E-state index >= 15 is 0 Å². The summed E-state index contributed by atoms with van der Waals surface area (Å²) < 4.78 is 1.96. The number of nitrogens with zero attached hydrogens (tertiary/aromatic N) is 2. The van der Waals surface area contributed by atoms with Crippen molar-refractivity contribution in [3.05, 3.63) is 89.0 Å². The molecule has 3 rings (SSSR count). The van der Waals surface area contributed by atoms with Gasteiger partial charge in [-0.3, -0.25) is 0 Å². The standard InChI is InChI=1S/C21H21ClN2/c1-21(2,3)18-8-4-16(5-9-18)20(14-24-13-12-23-15-24)17-6-10-19(22)11-7-17/h4-15H,1-3H3/b20-14-. The van der Waals surface area contributed by atoms with Crippen LogP contribution in [0.5, 0.6) is 0 Å². The van der Waals surface area contributed by atoms with E-state index in [1.54, 1.807) is 12.5 Å². The van der Waals surface area contributed by atoms with Crippen molar-refractivity contribution in [2.45, 2.75) is 26.2 Å². The lowest BCUT2D eigenvalue weighted by Gasteiger charge is -2.19. The van der Waals surface area contributed by atoms with Gasteiger partial charge in [-0.15, -0.1) is 0 Å². The summed E-state index contributed by atoms with van der Waals surface area (Å²) in [5.41, 5.74) is 4.89. The fourth-order valence-electron chi connectivity index (χ4n) is 2.59. The van der Waals surface area contributed by atoms with Gasteiger partial charge in [0.2, 0.25) is 0 Å². The molecule has 24 heavy (non-hydrogen) atoms. The minimum atomic E-state index is 0.146. The molecule has 0 spiro atoms. The summed E-state index contributed by atoms with van der Waals surface area (Å²) in [5.74, 6) is 0. The Morgan fingerprint density at radius 3 is 2.04 bits per heavy atom. The molecule has 0 amide bonds. The van der Waals surface area contributed by atoms with E-state index < -0.39 is 0 Å². The average Bonchev–Trinajstić information content (AvgIpc) is 3.06. The lowest BCUT2D eigenvalue weighted by molar-refractivity contribution is 0.590. The maximum atomic E-state index is 6.04. The van der Waals surface area contributed by atoms with Crippen molar-refractivity contribution in [1.82, 2.24) is 9.55 Å². The van der Waals surface area contributed by atoms with Crippen molar-refractivity contribution in [2.75, 3.05) is 0 Å². The Morgan fingerprint density at radius 1 is 0.958 bits per heavy atom. The molecule has 0 radical (unpaired) electrons. The highest BCUT2D eigenvalue weighted by molar-refractivity contribution is 6.30. The third-order valence-electron chi connectivity index (χ3n) is 4.02. The smallest absolute Gasteiger partial charge is 0.0986 e. The lowest BCUT2D eigenvalue weighted by Crippen LogP contribution is -2.10. The number of aromatic nitrogens is 2. The Hall–Kier alpha value is -2.32. The van der Waals surface area contributed by atoms with E-state index in [0.717, 1.165) is 16.2 Å². The van der Waals surface area contributed by atoms with Crippen LogP contribution in [-0.4, -0.2) is 9.55 Å². The summed E-state index contributed by atoms with van der Waals surface area (Å²) in [4.78, 5) is 4.12. The van der Waals surface area contributed by atoms with Gasteiger partial charge in [0.05, 0.1) is 6.33 Å². The van der Waals surface area contributed by atoms with Gasteiger partial charge in [0.1, 0.15) is 0 Å². The molecule has 0 aliphatic heterocycles. The summed E-state index contributed by atoms with van der Waals surface area (Å²) in [6, 6.07) is 16.7. The van der Waals surface area contributed by atoms with Crippen LogP contribution in [0.3, 0.4) is 0 Å². The number of imidazole rings is 1. The normalized spacial score (nSPS) is 12.4. The van der Waals surface area contributed by atoms with E-state index in [1.807, 2.05) is 35.0 Å². The first-order valence-electron chi connectivity index (χ1n) is 7.99. The largest absolute Gasteiger partial charge is 0.312 e. The minimum absolute atomic E-state index is 0.146. The van der Waals surface area contributed by atoms with Crippen LogP contribution in [0.2, 0.25) is 5.02 Å². The first kappa shape index (κ1) is 16.5. The van der Waals surface area contributed by atoms with Gasteiger partial charge in [0.25, 0.3) is 0 Å². The molecule has 2 aromatic carbocycles. The summed E-state index contributed by atoms with van der Waals surface area (Å²) in [5, 5.41) is 0.740. The number of rotatable bonds is 3. The molecule has 2 nitrogen and oxygen atoms in total. The Labute approximate surface area is 148 Å². The molecule has 1 heterocycles. The average molecular weight is 337 g/mol. The third kappa shape index (κ3) is 3.77. The highest BCUT2D eigenvalue weighted by Crippen LogP contribution is 2.28. The van der Waals surface area contributed by atoms with E-state index in [1.165, 1.54) is 11.1 Å². The van der Waals surface area contributed by atoms with Crippen LogP contribution < -0.4 is 0 Å². The molecule has 0 aliphatic rings. The number of hydrogen-bond acceptors (Lipinski definition) is 1. The molecule has 0 fully saturated rings. The van der Waals surface area contributed by atoms with Gasteiger partial charge in [-0.2, -0.15) is 0 Å². The van der Waals surface area contributed by atoms with Crippen LogP contribution in [0.4, 0.5) is 0 Å². The first-order valence-corrected chi connectivity index (χ1v) is 8.37. The Bertz CT molecular complexity index is 821. The van der Waals surface area contributed by atoms with Gasteiger partial charge in [0, 0.05) is 29.2 Å². The van der Waals surface area contributed by atoms with Crippen LogP contribution >= 0.6 is 11.6 Å². The van der Waals surface area contributed by atoms with E-state index in [0.29, 0.717) is 0 Å². The molecule has 0 saturated carbocycles. The van der Waals surface area contributed by atoms with Crippen molar-refractivity contribution in [2.24, 2.45) is 0 Å². The Balaban J connectivity index is 2.06. The minimum Gasteiger partial charge on any atom is -0.312 e. The van der Waals surface area contributed by atoms with Crippen molar-refractivity contribution in [3.63, 3.8) is 0 Å². The zero-order valence-electron chi connectivity index (χ0n) is 14.2. The van der Waals surface area contributed by atoms with Gasteiger partial charge in [-0.1, -0.05) is 68.8 Å². The second kappa shape index (κ2) is 6.66. The van der Waals surface area contributed by atoms with Gasteiger partial charge < -0.3 is 4.57 Å². The second-order valence-corrected chi connectivity index (χ2v) is 7.32. The Kier molecular flexibility index (Phi) is 4.59. The van der Waals surface area contributed by atoms with Gasteiger partial charge in [0.15, 0.2) is 0 Å². The molecule has 3 aromatic rings.